The molecule has 1 unspecified atom stereocenters. The fourth-order valence-electron chi connectivity index (χ4n) is 2.66. The molecule has 0 spiro atoms. The quantitative estimate of drug-likeness (QED) is 0.518. The van der Waals surface area contributed by atoms with Gasteiger partial charge in [-0.1, -0.05) is 23.7 Å². The second-order valence-corrected chi connectivity index (χ2v) is 7.41. The lowest BCUT2D eigenvalue weighted by Gasteiger charge is -2.19. The molecule has 2 radical (unpaired) electrons. The zero-order valence-corrected chi connectivity index (χ0v) is 14.5. The number of thiophene rings is 1. The molecule has 1 aromatic heterocycles. The number of rotatable bonds is 5. The number of ether oxygens (including phenoxy) is 1. The van der Waals surface area contributed by atoms with Crippen LogP contribution in [0.25, 0.3) is 0 Å². The number of hydrogen-bond donors (Lipinski definition) is 1. The Kier molecular flexibility index (Phi) is 5.13. The molecular formula is C16H19BN2OS2. The third-order valence-corrected chi connectivity index (χ3v) is 5.72. The van der Waals surface area contributed by atoms with Crippen LogP contribution in [-0.2, 0) is 4.74 Å². The predicted molar refractivity (Wildman–Crippen MR) is 96.7 cm³/mol. The highest BCUT2D eigenvalue weighted by Gasteiger charge is 2.27. The normalized spacial score (nSPS) is 17.0. The van der Waals surface area contributed by atoms with Crippen molar-refractivity contribution >= 4 is 42.3 Å². The summed E-state index contributed by atoms with van der Waals surface area (Å²) in [4.78, 5) is 2.58. The summed E-state index contributed by atoms with van der Waals surface area (Å²) in [5, 5.41) is 5.85. The zero-order valence-electron chi connectivity index (χ0n) is 12.8. The summed E-state index contributed by atoms with van der Waals surface area (Å²) in [6.07, 6.45) is 1.00. The van der Waals surface area contributed by atoms with Crippen molar-refractivity contribution in [2.75, 3.05) is 31.6 Å². The maximum atomic E-state index is 5.98. The van der Waals surface area contributed by atoms with E-state index in [9.17, 15) is 0 Å². The van der Waals surface area contributed by atoms with Crippen LogP contribution >= 0.6 is 23.3 Å². The van der Waals surface area contributed by atoms with Gasteiger partial charge in [-0.05, 0) is 41.9 Å². The maximum Gasteiger partial charge on any atom is 0.113 e. The van der Waals surface area contributed by atoms with Gasteiger partial charge in [0.05, 0.1) is 16.6 Å². The summed E-state index contributed by atoms with van der Waals surface area (Å²) in [6, 6.07) is 8.60. The average Bonchev–Trinajstić information content (AvgIpc) is 2.94. The average molecular weight is 330 g/mol. The van der Waals surface area contributed by atoms with E-state index in [1.807, 2.05) is 6.07 Å². The number of fused-ring (bicyclic) bond motifs is 2. The van der Waals surface area contributed by atoms with Crippen LogP contribution in [0.5, 0.6) is 0 Å². The van der Waals surface area contributed by atoms with Gasteiger partial charge in [0.1, 0.15) is 7.85 Å². The maximum absolute atomic E-state index is 5.98. The van der Waals surface area contributed by atoms with Crippen molar-refractivity contribution in [2.45, 2.75) is 17.4 Å². The molecule has 1 aromatic carbocycles. The van der Waals surface area contributed by atoms with Crippen LogP contribution in [0.15, 0.2) is 34.5 Å². The monoisotopic (exact) mass is 330 g/mol. The molecular weight excluding hydrogens is 311 g/mol. The Labute approximate surface area is 141 Å². The van der Waals surface area contributed by atoms with Gasteiger partial charge in [-0.25, -0.2) is 0 Å². The minimum atomic E-state index is 0.208. The number of nitrogens with one attached hydrogen (secondary N) is 1. The molecule has 3 rings (SSSR count). The van der Waals surface area contributed by atoms with Crippen LogP contribution in [0.2, 0.25) is 0 Å². The van der Waals surface area contributed by atoms with E-state index in [-0.39, 0.29) is 6.04 Å². The minimum absolute atomic E-state index is 0.208. The van der Waals surface area contributed by atoms with E-state index in [2.05, 4.69) is 40.2 Å². The second kappa shape index (κ2) is 7.09. The Morgan fingerprint density at radius 3 is 3.05 bits per heavy atom. The van der Waals surface area contributed by atoms with Crippen LogP contribution in [0.3, 0.4) is 0 Å². The first-order valence-electron chi connectivity index (χ1n) is 7.31. The Morgan fingerprint density at radius 1 is 1.36 bits per heavy atom. The molecule has 1 atom stereocenters. The van der Waals surface area contributed by atoms with Crippen molar-refractivity contribution in [2.24, 2.45) is 0 Å². The van der Waals surface area contributed by atoms with Gasteiger partial charge in [0.15, 0.2) is 0 Å². The van der Waals surface area contributed by atoms with Crippen molar-refractivity contribution in [1.82, 2.24) is 5.32 Å². The van der Waals surface area contributed by atoms with Crippen LogP contribution in [0.1, 0.15) is 22.9 Å². The van der Waals surface area contributed by atoms with Gasteiger partial charge < -0.3 is 14.4 Å². The number of benzene rings is 1. The highest BCUT2D eigenvalue weighted by atomic mass is 32.2. The number of nitrogens with zero attached hydrogens (tertiary/aromatic N) is 1. The number of hydrogen-bond acceptors (Lipinski definition) is 5. The van der Waals surface area contributed by atoms with Gasteiger partial charge in [0, 0.05) is 25.7 Å². The van der Waals surface area contributed by atoms with Crippen molar-refractivity contribution in [1.29, 1.82) is 0 Å². The molecule has 0 fully saturated rings. The van der Waals surface area contributed by atoms with E-state index in [1.165, 1.54) is 21.0 Å². The Morgan fingerprint density at radius 2 is 2.23 bits per heavy atom. The lowest BCUT2D eigenvalue weighted by Crippen LogP contribution is -2.24. The first-order chi connectivity index (χ1) is 10.7. The molecule has 0 aliphatic carbocycles. The van der Waals surface area contributed by atoms with E-state index in [0.717, 1.165) is 25.0 Å². The summed E-state index contributed by atoms with van der Waals surface area (Å²) in [6.45, 7) is 1.70. The van der Waals surface area contributed by atoms with Gasteiger partial charge in [-0.15, -0.1) is 11.3 Å². The Bertz CT molecular complexity index is 647. The standard InChI is InChI=1S/C16H19BN2OS2/c1-19-13-6-9-21-16(13)15(18-7-3-8-20-2)12-5-4-11(17)10-14(12)22-19/h4-6,9-10,15,18H,3,7-8H2,1-2H3. The van der Waals surface area contributed by atoms with Crippen LogP contribution in [0.4, 0.5) is 5.69 Å². The fourth-order valence-corrected chi connectivity index (χ4v) is 4.77. The Hall–Kier alpha value is -0.945. The molecule has 1 N–H and O–H groups in total. The van der Waals surface area contributed by atoms with Gasteiger partial charge in [-0.2, -0.15) is 0 Å². The summed E-state index contributed by atoms with van der Waals surface area (Å²) >= 11 is 3.54. The van der Waals surface area contributed by atoms with Crippen LogP contribution in [0, 0.1) is 0 Å². The van der Waals surface area contributed by atoms with Crippen molar-refractivity contribution in [3.8, 4) is 0 Å². The summed E-state index contributed by atoms with van der Waals surface area (Å²) in [5.41, 5.74) is 3.38. The van der Waals surface area contributed by atoms with Crippen molar-refractivity contribution in [3.63, 3.8) is 0 Å². The van der Waals surface area contributed by atoms with E-state index in [0.29, 0.717) is 0 Å². The van der Waals surface area contributed by atoms with E-state index < -0.39 is 0 Å². The molecule has 1 aliphatic rings. The van der Waals surface area contributed by atoms with Crippen molar-refractivity contribution in [3.05, 3.63) is 40.1 Å². The largest absolute Gasteiger partial charge is 0.385 e. The van der Waals surface area contributed by atoms with Crippen LogP contribution < -0.4 is 15.1 Å². The molecule has 2 heterocycles. The lowest BCUT2D eigenvalue weighted by atomic mass is 9.93. The summed E-state index contributed by atoms with van der Waals surface area (Å²) in [7, 11) is 9.83. The van der Waals surface area contributed by atoms with Crippen molar-refractivity contribution < 1.29 is 4.74 Å². The highest BCUT2D eigenvalue weighted by Crippen LogP contribution is 2.44. The molecule has 22 heavy (non-hydrogen) atoms. The number of anilines is 1. The third-order valence-electron chi connectivity index (χ3n) is 3.73. The van der Waals surface area contributed by atoms with Gasteiger partial charge in [0.25, 0.3) is 0 Å². The molecule has 0 saturated heterocycles. The SMILES string of the molecule is [B]c1ccc2c(c1)SN(C)c1ccsc1C2NCCCOC. The highest BCUT2D eigenvalue weighted by molar-refractivity contribution is 8.00. The topological polar surface area (TPSA) is 24.5 Å². The first-order valence-corrected chi connectivity index (χ1v) is 8.97. The molecule has 3 nitrogen and oxygen atoms in total. The molecule has 2 aromatic rings. The van der Waals surface area contributed by atoms with Crippen LogP contribution in [-0.4, -0.2) is 35.2 Å². The number of methoxy groups -OCH3 is 1. The predicted octanol–water partition coefficient (Wildman–Crippen LogP) is 2.71. The fraction of sp³-hybridized carbons (Fsp3) is 0.375. The van der Waals surface area contributed by atoms with Gasteiger partial charge in [0.2, 0.25) is 0 Å². The molecule has 114 valence electrons. The summed E-state index contributed by atoms with van der Waals surface area (Å²) in [5.74, 6) is 0. The smallest absolute Gasteiger partial charge is 0.113 e. The molecule has 6 heteroatoms. The minimum Gasteiger partial charge on any atom is -0.385 e. The first kappa shape index (κ1) is 15.9. The van der Waals surface area contributed by atoms with E-state index in [1.54, 1.807) is 30.4 Å². The third kappa shape index (κ3) is 3.20. The lowest BCUT2D eigenvalue weighted by molar-refractivity contribution is 0.193. The van der Waals surface area contributed by atoms with Gasteiger partial charge in [-0.3, -0.25) is 0 Å². The molecule has 0 saturated carbocycles. The second-order valence-electron chi connectivity index (χ2n) is 5.29. The Balaban J connectivity index is 1.95. The molecule has 0 bridgehead atoms. The van der Waals surface area contributed by atoms with E-state index in [4.69, 9.17) is 12.6 Å². The molecule has 1 aliphatic heterocycles. The summed E-state index contributed by atoms with van der Waals surface area (Å²) < 4.78 is 7.37. The van der Waals surface area contributed by atoms with Gasteiger partial charge >= 0.3 is 0 Å². The zero-order chi connectivity index (χ0) is 15.5. The van der Waals surface area contributed by atoms with E-state index >= 15 is 0 Å². The molecule has 0 amide bonds.